The van der Waals surface area contributed by atoms with Crippen LogP contribution in [0, 0.1) is 5.92 Å². The fourth-order valence-corrected chi connectivity index (χ4v) is 1.71. The lowest BCUT2D eigenvalue weighted by Gasteiger charge is -2.31. The molecule has 0 aromatic rings. The van der Waals surface area contributed by atoms with Gasteiger partial charge >= 0.3 is 0 Å². The Morgan fingerprint density at radius 2 is 2.19 bits per heavy atom. The Bertz CT molecular complexity index is 274. The van der Waals surface area contributed by atoms with Crippen molar-refractivity contribution in [2.45, 2.75) is 32.6 Å². The van der Waals surface area contributed by atoms with Crippen LogP contribution in [0.4, 0.5) is 8.78 Å². The lowest BCUT2D eigenvalue weighted by atomic mass is 10.1. The quantitative estimate of drug-likeness (QED) is 0.693. The highest BCUT2D eigenvalue weighted by molar-refractivity contribution is 5.91. The number of hydrogen-bond acceptors (Lipinski definition) is 2. The Hall–Kier alpha value is -0.770. The van der Waals surface area contributed by atoms with Crippen molar-refractivity contribution < 1.29 is 13.6 Å². The molecule has 1 rings (SSSR count). The molecule has 16 heavy (non-hydrogen) atoms. The Morgan fingerprint density at radius 1 is 1.50 bits per heavy atom. The van der Waals surface area contributed by atoms with Gasteiger partial charge in [0.15, 0.2) is 5.78 Å². The average molecular weight is 231 g/mol. The van der Waals surface area contributed by atoms with E-state index in [1.807, 2.05) is 13.8 Å². The maximum atomic E-state index is 13.0. The van der Waals surface area contributed by atoms with Crippen molar-refractivity contribution in [2.24, 2.45) is 5.92 Å². The van der Waals surface area contributed by atoms with Crippen molar-refractivity contribution in [1.29, 1.82) is 0 Å². The van der Waals surface area contributed by atoms with Gasteiger partial charge in [0.1, 0.15) is 0 Å². The van der Waals surface area contributed by atoms with Crippen LogP contribution in [0.2, 0.25) is 0 Å². The van der Waals surface area contributed by atoms with E-state index in [0.717, 1.165) is 0 Å². The monoisotopic (exact) mass is 231 g/mol. The van der Waals surface area contributed by atoms with Crippen LogP contribution >= 0.6 is 0 Å². The van der Waals surface area contributed by atoms with Gasteiger partial charge in [-0.05, 0) is 19.0 Å². The molecular weight excluding hydrogens is 212 g/mol. The van der Waals surface area contributed by atoms with Gasteiger partial charge in [0.2, 0.25) is 0 Å². The molecule has 0 bridgehead atoms. The summed E-state index contributed by atoms with van der Waals surface area (Å²) in [6.07, 6.45) is 3.69. The molecule has 0 spiro atoms. The minimum absolute atomic E-state index is 0.0157. The Kier molecular flexibility index (Phi) is 4.59. The van der Waals surface area contributed by atoms with E-state index in [9.17, 15) is 13.6 Å². The van der Waals surface area contributed by atoms with E-state index in [-0.39, 0.29) is 24.7 Å². The lowest BCUT2D eigenvalue weighted by Crippen LogP contribution is -2.42. The van der Waals surface area contributed by atoms with Gasteiger partial charge in [-0.15, -0.1) is 0 Å². The number of allylic oxidation sites excluding steroid dienone is 1. The van der Waals surface area contributed by atoms with Gasteiger partial charge in [-0.2, -0.15) is 0 Å². The SMILES string of the molecule is CC(C)C(=O)/C=C/CN1CCCC(F)(F)C1. The molecule has 4 heteroatoms. The standard InChI is InChI=1S/C12H19F2NO/c1-10(2)11(16)5-3-7-15-8-4-6-12(13,14)9-15/h3,5,10H,4,6-9H2,1-2H3/b5-3+. The van der Waals surface area contributed by atoms with Crippen LogP contribution in [-0.4, -0.2) is 36.2 Å². The van der Waals surface area contributed by atoms with Crippen molar-refractivity contribution in [1.82, 2.24) is 4.90 Å². The first-order valence-corrected chi connectivity index (χ1v) is 5.71. The normalized spacial score (nSPS) is 21.8. The van der Waals surface area contributed by atoms with Gasteiger partial charge in [-0.3, -0.25) is 9.69 Å². The highest BCUT2D eigenvalue weighted by atomic mass is 19.3. The summed E-state index contributed by atoms with van der Waals surface area (Å²) in [5.41, 5.74) is 0. The first-order valence-electron chi connectivity index (χ1n) is 5.71. The highest BCUT2D eigenvalue weighted by Gasteiger charge is 2.34. The summed E-state index contributed by atoms with van der Waals surface area (Å²) in [6, 6.07) is 0. The fourth-order valence-electron chi connectivity index (χ4n) is 1.71. The van der Waals surface area contributed by atoms with Crippen molar-refractivity contribution in [3.8, 4) is 0 Å². The zero-order valence-electron chi connectivity index (χ0n) is 9.88. The summed E-state index contributed by atoms with van der Waals surface area (Å²) < 4.78 is 26.1. The van der Waals surface area contributed by atoms with Gasteiger partial charge in [0.25, 0.3) is 5.92 Å². The summed E-state index contributed by atoms with van der Waals surface area (Å²) in [5, 5.41) is 0. The average Bonchev–Trinajstić information content (AvgIpc) is 2.15. The molecule has 0 aromatic carbocycles. The molecule has 0 N–H and O–H groups in total. The first kappa shape index (κ1) is 13.3. The molecule has 92 valence electrons. The summed E-state index contributed by atoms with van der Waals surface area (Å²) in [7, 11) is 0. The summed E-state index contributed by atoms with van der Waals surface area (Å²) in [6.45, 7) is 4.58. The molecule has 0 saturated carbocycles. The second-order valence-corrected chi connectivity index (χ2v) is 4.65. The lowest BCUT2D eigenvalue weighted by molar-refractivity contribution is -0.117. The smallest absolute Gasteiger partial charge is 0.260 e. The van der Waals surface area contributed by atoms with Crippen molar-refractivity contribution in [3.05, 3.63) is 12.2 Å². The Balaban J connectivity index is 2.35. The number of ketones is 1. The van der Waals surface area contributed by atoms with Gasteiger partial charge in [-0.25, -0.2) is 8.78 Å². The van der Waals surface area contributed by atoms with Gasteiger partial charge in [0, 0.05) is 18.9 Å². The predicted octanol–water partition coefficient (Wildman–Crippen LogP) is 2.50. The van der Waals surface area contributed by atoms with Crippen LogP contribution in [0.3, 0.4) is 0 Å². The van der Waals surface area contributed by atoms with Crippen LogP contribution in [0.15, 0.2) is 12.2 Å². The highest BCUT2D eigenvalue weighted by Crippen LogP contribution is 2.26. The topological polar surface area (TPSA) is 20.3 Å². The molecule has 0 unspecified atom stereocenters. The molecule has 0 aromatic heterocycles. The number of nitrogens with zero attached hydrogens (tertiary/aromatic N) is 1. The number of rotatable bonds is 4. The Labute approximate surface area is 95.3 Å². The molecule has 1 saturated heterocycles. The van der Waals surface area contributed by atoms with Crippen molar-refractivity contribution in [3.63, 3.8) is 0 Å². The van der Waals surface area contributed by atoms with E-state index in [0.29, 0.717) is 19.5 Å². The van der Waals surface area contributed by atoms with Crippen LogP contribution < -0.4 is 0 Å². The minimum Gasteiger partial charge on any atom is -0.295 e. The summed E-state index contributed by atoms with van der Waals surface area (Å²) in [4.78, 5) is 12.9. The molecule has 0 amide bonds. The molecule has 1 fully saturated rings. The maximum absolute atomic E-state index is 13.0. The molecular formula is C12H19F2NO. The molecule has 1 aliphatic heterocycles. The zero-order chi connectivity index (χ0) is 12.2. The van der Waals surface area contributed by atoms with Crippen LogP contribution in [-0.2, 0) is 4.79 Å². The van der Waals surface area contributed by atoms with E-state index in [1.165, 1.54) is 6.08 Å². The van der Waals surface area contributed by atoms with E-state index < -0.39 is 5.92 Å². The van der Waals surface area contributed by atoms with E-state index >= 15 is 0 Å². The fraction of sp³-hybridized carbons (Fsp3) is 0.750. The molecule has 1 aliphatic rings. The zero-order valence-corrected chi connectivity index (χ0v) is 9.88. The molecule has 0 atom stereocenters. The third-order valence-electron chi connectivity index (χ3n) is 2.69. The first-order chi connectivity index (χ1) is 7.41. The van der Waals surface area contributed by atoms with Gasteiger partial charge < -0.3 is 0 Å². The number of piperidine rings is 1. The number of likely N-dealkylation sites (tertiary alicyclic amines) is 1. The minimum atomic E-state index is -2.56. The van der Waals surface area contributed by atoms with Crippen LogP contribution in [0.5, 0.6) is 0 Å². The second kappa shape index (κ2) is 5.53. The summed E-state index contributed by atoms with van der Waals surface area (Å²) >= 11 is 0. The number of hydrogen-bond donors (Lipinski definition) is 0. The third-order valence-corrected chi connectivity index (χ3v) is 2.69. The maximum Gasteiger partial charge on any atom is 0.260 e. The predicted molar refractivity (Wildman–Crippen MR) is 59.6 cm³/mol. The molecule has 0 radical (unpaired) electrons. The summed E-state index contributed by atoms with van der Waals surface area (Å²) in [5.74, 6) is -2.54. The van der Waals surface area contributed by atoms with Gasteiger partial charge in [0.05, 0.1) is 6.54 Å². The van der Waals surface area contributed by atoms with Crippen LogP contribution in [0.25, 0.3) is 0 Å². The van der Waals surface area contributed by atoms with Crippen LogP contribution in [0.1, 0.15) is 26.7 Å². The molecule has 2 nitrogen and oxygen atoms in total. The van der Waals surface area contributed by atoms with Crippen molar-refractivity contribution in [2.75, 3.05) is 19.6 Å². The van der Waals surface area contributed by atoms with Gasteiger partial charge in [-0.1, -0.05) is 19.9 Å². The number of alkyl halides is 2. The number of carbonyl (C=O) groups is 1. The number of carbonyl (C=O) groups excluding carboxylic acids is 1. The molecule has 1 heterocycles. The number of halogens is 2. The molecule has 0 aliphatic carbocycles. The third kappa shape index (κ3) is 4.39. The van der Waals surface area contributed by atoms with Crippen molar-refractivity contribution >= 4 is 5.78 Å². The van der Waals surface area contributed by atoms with E-state index in [2.05, 4.69) is 0 Å². The van der Waals surface area contributed by atoms with E-state index in [4.69, 9.17) is 0 Å². The largest absolute Gasteiger partial charge is 0.295 e. The second-order valence-electron chi connectivity index (χ2n) is 4.65. The van der Waals surface area contributed by atoms with E-state index in [1.54, 1.807) is 11.0 Å². The Morgan fingerprint density at radius 3 is 2.75 bits per heavy atom.